The number of carbonyl (C=O) groups is 1. The number of nitrogens with zero attached hydrogens (tertiary/aromatic N) is 2. The molecule has 0 saturated carbocycles. The first-order valence-corrected chi connectivity index (χ1v) is 9.17. The summed E-state index contributed by atoms with van der Waals surface area (Å²) in [6.45, 7) is 0. The van der Waals surface area contributed by atoms with E-state index >= 15 is 0 Å². The van der Waals surface area contributed by atoms with Crippen LogP contribution in [-0.2, 0) is 0 Å². The molecule has 0 bridgehead atoms. The quantitative estimate of drug-likeness (QED) is 0.486. The molecule has 0 aliphatic heterocycles. The van der Waals surface area contributed by atoms with Crippen molar-refractivity contribution in [2.45, 2.75) is 0 Å². The minimum atomic E-state index is -0.317. The summed E-state index contributed by atoms with van der Waals surface area (Å²) in [6, 6.07) is 21.4. The number of amides is 1. The molecule has 0 fully saturated rings. The lowest BCUT2D eigenvalue weighted by Crippen LogP contribution is -2.13. The van der Waals surface area contributed by atoms with Gasteiger partial charge >= 0.3 is 0 Å². The SMILES string of the molecule is COc1ccccc1NC(=O)c1ccccc1-c1nc(-c2ccccc2Cl)no1. The number of hydrogen-bond donors (Lipinski definition) is 1. The number of hydrogen-bond acceptors (Lipinski definition) is 5. The summed E-state index contributed by atoms with van der Waals surface area (Å²) in [5, 5.41) is 7.39. The fourth-order valence-corrected chi connectivity index (χ4v) is 3.11. The maximum Gasteiger partial charge on any atom is 0.259 e. The summed E-state index contributed by atoms with van der Waals surface area (Å²) in [5.74, 6) is 0.830. The van der Waals surface area contributed by atoms with Crippen LogP contribution in [-0.4, -0.2) is 23.2 Å². The lowest BCUT2D eigenvalue weighted by molar-refractivity contribution is 0.102. The van der Waals surface area contributed by atoms with E-state index in [1.807, 2.05) is 24.3 Å². The van der Waals surface area contributed by atoms with Crippen LogP contribution < -0.4 is 10.1 Å². The molecular weight excluding hydrogens is 390 g/mol. The molecule has 0 saturated heterocycles. The van der Waals surface area contributed by atoms with E-state index in [-0.39, 0.29) is 11.8 Å². The van der Waals surface area contributed by atoms with Gasteiger partial charge in [0.05, 0.1) is 28.9 Å². The zero-order valence-electron chi connectivity index (χ0n) is 15.4. The topological polar surface area (TPSA) is 77.2 Å². The average Bonchev–Trinajstić information content (AvgIpc) is 3.24. The van der Waals surface area contributed by atoms with Crippen molar-refractivity contribution in [3.63, 3.8) is 0 Å². The second-order valence-electron chi connectivity index (χ2n) is 6.10. The van der Waals surface area contributed by atoms with E-state index in [1.54, 1.807) is 55.6 Å². The van der Waals surface area contributed by atoms with Crippen LogP contribution in [0.2, 0.25) is 5.02 Å². The Bertz CT molecular complexity index is 1170. The lowest BCUT2D eigenvalue weighted by Gasteiger charge is -2.11. The van der Waals surface area contributed by atoms with Crippen molar-refractivity contribution in [2.75, 3.05) is 12.4 Å². The zero-order chi connectivity index (χ0) is 20.2. The molecule has 0 aliphatic carbocycles. The molecule has 0 spiro atoms. The number of ether oxygens (including phenoxy) is 1. The maximum absolute atomic E-state index is 12.9. The number of para-hydroxylation sites is 2. The largest absolute Gasteiger partial charge is 0.495 e. The Morgan fingerprint density at radius 2 is 1.66 bits per heavy atom. The standard InChI is InChI=1S/C22H16ClN3O3/c1-28-19-13-7-6-12-18(19)24-21(27)14-8-2-3-9-15(14)22-25-20(26-29-22)16-10-4-5-11-17(16)23/h2-13H,1H3,(H,24,27). The average molecular weight is 406 g/mol. The van der Waals surface area contributed by atoms with E-state index in [4.69, 9.17) is 20.9 Å². The van der Waals surface area contributed by atoms with Gasteiger partial charge in [-0.15, -0.1) is 0 Å². The number of benzene rings is 3. The van der Waals surface area contributed by atoms with Crippen molar-refractivity contribution >= 4 is 23.2 Å². The van der Waals surface area contributed by atoms with Crippen LogP contribution in [0, 0.1) is 0 Å². The van der Waals surface area contributed by atoms with Crippen molar-refractivity contribution in [1.29, 1.82) is 0 Å². The van der Waals surface area contributed by atoms with Crippen molar-refractivity contribution in [3.8, 4) is 28.6 Å². The van der Waals surface area contributed by atoms with Gasteiger partial charge in [0.1, 0.15) is 5.75 Å². The van der Waals surface area contributed by atoms with Gasteiger partial charge in [-0.2, -0.15) is 4.98 Å². The van der Waals surface area contributed by atoms with Crippen LogP contribution in [0.1, 0.15) is 10.4 Å². The van der Waals surface area contributed by atoms with E-state index in [9.17, 15) is 4.79 Å². The summed E-state index contributed by atoms with van der Waals surface area (Å²) in [6.07, 6.45) is 0. The highest BCUT2D eigenvalue weighted by molar-refractivity contribution is 6.33. The molecule has 1 aromatic heterocycles. The first-order chi connectivity index (χ1) is 14.2. The van der Waals surface area contributed by atoms with E-state index in [0.29, 0.717) is 39.0 Å². The van der Waals surface area contributed by atoms with Gasteiger partial charge in [0.2, 0.25) is 5.82 Å². The number of aromatic nitrogens is 2. The molecule has 29 heavy (non-hydrogen) atoms. The normalized spacial score (nSPS) is 10.6. The fourth-order valence-electron chi connectivity index (χ4n) is 2.89. The third kappa shape index (κ3) is 3.83. The molecule has 144 valence electrons. The third-order valence-electron chi connectivity index (χ3n) is 4.30. The minimum Gasteiger partial charge on any atom is -0.495 e. The lowest BCUT2D eigenvalue weighted by atomic mass is 10.1. The van der Waals surface area contributed by atoms with Gasteiger partial charge in [0.15, 0.2) is 0 Å². The van der Waals surface area contributed by atoms with E-state index in [2.05, 4.69) is 15.5 Å². The van der Waals surface area contributed by atoms with Crippen molar-refractivity contribution in [3.05, 3.63) is 83.4 Å². The van der Waals surface area contributed by atoms with Gasteiger partial charge < -0.3 is 14.6 Å². The van der Waals surface area contributed by atoms with Crippen LogP contribution in [0.5, 0.6) is 5.75 Å². The molecule has 0 aliphatic rings. The molecular formula is C22H16ClN3O3. The van der Waals surface area contributed by atoms with Gasteiger partial charge in [-0.25, -0.2) is 0 Å². The van der Waals surface area contributed by atoms with Gasteiger partial charge in [-0.1, -0.05) is 53.2 Å². The highest BCUT2D eigenvalue weighted by Gasteiger charge is 2.19. The Kier molecular flexibility index (Phi) is 5.27. The summed E-state index contributed by atoms with van der Waals surface area (Å²) in [7, 11) is 1.55. The molecule has 0 atom stereocenters. The zero-order valence-corrected chi connectivity index (χ0v) is 16.2. The van der Waals surface area contributed by atoms with Gasteiger partial charge in [-0.3, -0.25) is 4.79 Å². The molecule has 4 rings (SSSR count). The number of carbonyl (C=O) groups excluding carboxylic acids is 1. The molecule has 7 heteroatoms. The number of methoxy groups -OCH3 is 1. The Labute approximate surface area is 172 Å². The maximum atomic E-state index is 12.9. The molecule has 6 nitrogen and oxygen atoms in total. The predicted octanol–water partition coefficient (Wildman–Crippen LogP) is 5.32. The van der Waals surface area contributed by atoms with Crippen LogP contribution in [0.15, 0.2) is 77.3 Å². The molecule has 0 unspecified atom stereocenters. The second kappa shape index (κ2) is 8.16. The smallest absolute Gasteiger partial charge is 0.259 e. The Morgan fingerprint density at radius 3 is 2.45 bits per heavy atom. The Balaban J connectivity index is 1.67. The van der Waals surface area contributed by atoms with E-state index in [0.717, 1.165) is 0 Å². The number of anilines is 1. The summed E-state index contributed by atoms with van der Waals surface area (Å²) in [4.78, 5) is 17.4. The van der Waals surface area contributed by atoms with Crippen LogP contribution in [0.3, 0.4) is 0 Å². The number of nitrogens with one attached hydrogen (secondary N) is 1. The molecule has 3 aromatic carbocycles. The Morgan fingerprint density at radius 1 is 0.966 bits per heavy atom. The second-order valence-corrected chi connectivity index (χ2v) is 6.51. The van der Waals surface area contributed by atoms with Crippen molar-refractivity contribution in [1.82, 2.24) is 10.1 Å². The van der Waals surface area contributed by atoms with E-state index in [1.165, 1.54) is 0 Å². The number of halogens is 1. The first kappa shape index (κ1) is 18.7. The molecule has 1 N–H and O–H groups in total. The summed E-state index contributed by atoms with van der Waals surface area (Å²) >= 11 is 6.22. The summed E-state index contributed by atoms with van der Waals surface area (Å²) in [5.41, 5.74) is 2.13. The van der Waals surface area contributed by atoms with Crippen molar-refractivity contribution < 1.29 is 14.1 Å². The highest BCUT2D eigenvalue weighted by Crippen LogP contribution is 2.30. The molecule has 1 amide bonds. The Hall–Kier alpha value is -3.64. The highest BCUT2D eigenvalue weighted by atomic mass is 35.5. The first-order valence-electron chi connectivity index (χ1n) is 8.80. The third-order valence-corrected chi connectivity index (χ3v) is 4.63. The van der Waals surface area contributed by atoms with E-state index < -0.39 is 0 Å². The molecule has 0 radical (unpaired) electrons. The number of rotatable bonds is 5. The van der Waals surface area contributed by atoms with Gasteiger partial charge in [-0.05, 0) is 36.4 Å². The van der Waals surface area contributed by atoms with Crippen molar-refractivity contribution in [2.24, 2.45) is 0 Å². The molecule has 1 heterocycles. The van der Waals surface area contributed by atoms with Crippen LogP contribution in [0.4, 0.5) is 5.69 Å². The van der Waals surface area contributed by atoms with Gasteiger partial charge in [0.25, 0.3) is 11.8 Å². The summed E-state index contributed by atoms with van der Waals surface area (Å²) < 4.78 is 10.7. The fraction of sp³-hybridized carbons (Fsp3) is 0.0455. The van der Waals surface area contributed by atoms with Crippen LogP contribution >= 0.6 is 11.6 Å². The van der Waals surface area contributed by atoms with Gasteiger partial charge in [0, 0.05) is 5.56 Å². The minimum absolute atomic E-state index is 0.227. The van der Waals surface area contributed by atoms with Crippen LogP contribution in [0.25, 0.3) is 22.8 Å². The monoisotopic (exact) mass is 405 g/mol. The molecule has 4 aromatic rings. The predicted molar refractivity (Wildman–Crippen MR) is 111 cm³/mol.